The van der Waals surface area contributed by atoms with Gasteiger partial charge in [-0.2, -0.15) is 14.4 Å². The summed E-state index contributed by atoms with van der Waals surface area (Å²) in [5.41, 5.74) is 9.49. The molecule has 9 heteroatoms. The van der Waals surface area contributed by atoms with E-state index >= 15 is 0 Å². The molecule has 1 aromatic carbocycles. The molecule has 8 nitrogen and oxygen atoms in total. The lowest BCUT2D eigenvalue weighted by molar-refractivity contribution is -0.128. The van der Waals surface area contributed by atoms with Crippen LogP contribution in [0.5, 0.6) is 5.75 Å². The van der Waals surface area contributed by atoms with E-state index in [2.05, 4.69) is 33.3 Å². The third-order valence-electron chi connectivity index (χ3n) is 5.47. The lowest BCUT2D eigenvalue weighted by Gasteiger charge is -2.18. The first-order valence-electron chi connectivity index (χ1n) is 10.3. The van der Waals surface area contributed by atoms with Gasteiger partial charge in [-0.15, -0.1) is 0 Å². The highest BCUT2D eigenvalue weighted by molar-refractivity contribution is 5.82. The molecule has 0 spiro atoms. The molecule has 31 heavy (non-hydrogen) atoms. The first kappa shape index (κ1) is 21.0. The first-order valence-corrected chi connectivity index (χ1v) is 10.3. The maximum absolute atomic E-state index is 13.9. The molecule has 0 bridgehead atoms. The smallest absolute Gasteiger partial charge is 0.312 e. The third-order valence-corrected chi connectivity index (χ3v) is 5.47. The molecular formula is C22H27FN6O2. The van der Waals surface area contributed by atoms with Crippen molar-refractivity contribution in [3.05, 3.63) is 40.7 Å². The van der Waals surface area contributed by atoms with E-state index in [0.29, 0.717) is 43.1 Å². The summed E-state index contributed by atoms with van der Waals surface area (Å²) in [6.45, 7) is 9.03. The number of rotatable bonds is 5. The number of carbonyl (C=O) groups excluding carboxylic acids is 1. The second-order valence-electron chi connectivity index (χ2n) is 8.90. The second-order valence-corrected chi connectivity index (χ2v) is 8.90. The molecule has 1 amide bonds. The van der Waals surface area contributed by atoms with Gasteiger partial charge < -0.3 is 20.4 Å². The van der Waals surface area contributed by atoms with Crippen molar-refractivity contribution in [1.82, 2.24) is 24.8 Å². The Hall–Kier alpha value is -3.23. The molecule has 1 aliphatic heterocycles. The van der Waals surface area contributed by atoms with Gasteiger partial charge in [0, 0.05) is 31.3 Å². The van der Waals surface area contributed by atoms with Crippen LogP contribution in [0.2, 0.25) is 0 Å². The number of nitrogens with zero attached hydrogens (tertiary/aromatic N) is 4. The summed E-state index contributed by atoms with van der Waals surface area (Å²) in [5.74, 6) is 1.50. The molecular weight excluding hydrogens is 399 g/mol. The fraction of sp³-hybridized carbons (Fsp3) is 0.455. The molecule has 0 radical (unpaired) electrons. The Morgan fingerprint density at radius 2 is 2.06 bits per heavy atom. The number of carbonyl (C=O) groups is 1. The highest BCUT2D eigenvalue weighted by Crippen LogP contribution is 2.30. The molecule has 3 N–H and O–H groups in total. The minimum Gasteiger partial charge on any atom is -0.493 e. The normalized spacial score (nSPS) is 13.3. The van der Waals surface area contributed by atoms with Crippen molar-refractivity contribution in [3.63, 3.8) is 0 Å². The maximum Gasteiger partial charge on any atom is 0.312 e. The molecule has 0 saturated heterocycles. The molecule has 3 heterocycles. The summed E-state index contributed by atoms with van der Waals surface area (Å²) in [4.78, 5) is 24.4. The van der Waals surface area contributed by atoms with E-state index in [4.69, 9.17) is 10.5 Å². The number of aromatic nitrogens is 4. The monoisotopic (exact) mass is 426 g/mol. The lowest BCUT2D eigenvalue weighted by Crippen LogP contribution is -2.36. The number of anilines is 1. The topological polar surface area (TPSA) is 108 Å². The first-order chi connectivity index (χ1) is 14.6. The molecule has 3 aromatic rings. The number of aryl methyl sites for hydroxylation is 1. The minimum atomic E-state index is -0.904. The van der Waals surface area contributed by atoms with Crippen LogP contribution in [0.4, 0.5) is 10.2 Å². The fourth-order valence-electron chi connectivity index (χ4n) is 3.71. The molecule has 0 unspecified atom stereocenters. The van der Waals surface area contributed by atoms with Gasteiger partial charge in [0.1, 0.15) is 11.6 Å². The SMILES string of the molecule is Cc1cc2c(cc1Cc1nc3c(N)nc(F)nc3n1CCNC(=O)C(C)(C)C)OCC2. The number of ether oxygens (including phenoxy) is 1. The Kier molecular flexibility index (Phi) is 5.28. The quantitative estimate of drug-likeness (QED) is 0.607. The van der Waals surface area contributed by atoms with Crippen LogP contribution in [-0.4, -0.2) is 38.6 Å². The number of nitrogens with one attached hydrogen (secondary N) is 1. The predicted molar refractivity (Wildman–Crippen MR) is 115 cm³/mol. The van der Waals surface area contributed by atoms with Crippen molar-refractivity contribution in [2.24, 2.45) is 5.41 Å². The molecule has 0 aliphatic carbocycles. The van der Waals surface area contributed by atoms with Gasteiger partial charge in [-0.3, -0.25) is 4.79 Å². The number of hydrogen-bond donors (Lipinski definition) is 2. The third kappa shape index (κ3) is 4.17. The van der Waals surface area contributed by atoms with Crippen molar-refractivity contribution in [2.45, 2.75) is 47.1 Å². The number of fused-ring (bicyclic) bond motifs is 2. The van der Waals surface area contributed by atoms with Gasteiger partial charge in [-0.05, 0) is 29.7 Å². The van der Waals surface area contributed by atoms with Crippen molar-refractivity contribution in [2.75, 3.05) is 18.9 Å². The number of amides is 1. The largest absolute Gasteiger partial charge is 0.493 e. The lowest BCUT2D eigenvalue weighted by atomic mass is 9.96. The molecule has 164 valence electrons. The number of nitrogens with two attached hydrogens (primary N) is 1. The highest BCUT2D eigenvalue weighted by atomic mass is 19.1. The average molecular weight is 426 g/mol. The van der Waals surface area contributed by atoms with Crippen LogP contribution in [0, 0.1) is 18.4 Å². The molecule has 2 aromatic heterocycles. The molecule has 0 saturated carbocycles. The summed E-state index contributed by atoms with van der Waals surface area (Å²) in [6.07, 6.45) is 0.500. The minimum absolute atomic E-state index is 0.00441. The Bertz CT molecular complexity index is 1170. The predicted octanol–water partition coefficient (Wildman–Crippen LogP) is 2.54. The zero-order chi connectivity index (χ0) is 22.3. The van der Waals surface area contributed by atoms with Gasteiger partial charge in [0.05, 0.1) is 6.61 Å². The van der Waals surface area contributed by atoms with Gasteiger partial charge in [-0.1, -0.05) is 26.8 Å². The highest BCUT2D eigenvalue weighted by Gasteiger charge is 2.22. The van der Waals surface area contributed by atoms with Gasteiger partial charge in [-0.25, -0.2) is 4.98 Å². The van der Waals surface area contributed by atoms with Crippen LogP contribution in [0.1, 0.15) is 43.3 Å². The Balaban J connectivity index is 1.68. The average Bonchev–Trinajstić information content (AvgIpc) is 3.26. The van der Waals surface area contributed by atoms with Crippen molar-refractivity contribution < 1.29 is 13.9 Å². The number of benzene rings is 1. The summed E-state index contributed by atoms with van der Waals surface area (Å²) < 4.78 is 21.4. The van der Waals surface area contributed by atoms with E-state index in [9.17, 15) is 9.18 Å². The van der Waals surface area contributed by atoms with Crippen LogP contribution in [0.25, 0.3) is 11.2 Å². The number of nitrogen functional groups attached to an aromatic ring is 1. The second kappa shape index (κ2) is 7.79. The Labute approximate surface area is 180 Å². The molecule has 4 rings (SSSR count). The van der Waals surface area contributed by atoms with Crippen molar-refractivity contribution in [3.8, 4) is 5.75 Å². The Morgan fingerprint density at radius 3 is 2.81 bits per heavy atom. The van der Waals surface area contributed by atoms with E-state index in [0.717, 1.165) is 23.3 Å². The van der Waals surface area contributed by atoms with Crippen molar-refractivity contribution in [1.29, 1.82) is 0 Å². The summed E-state index contributed by atoms with van der Waals surface area (Å²) >= 11 is 0. The molecule has 0 fully saturated rings. The number of imidazole rings is 1. The number of halogens is 1. The zero-order valence-electron chi connectivity index (χ0n) is 18.3. The van der Waals surface area contributed by atoms with Gasteiger partial charge in [0.2, 0.25) is 5.91 Å². The van der Waals surface area contributed by atoms with Crippen LogP contribution < -0.4 is 15.8 Å². The zero-order valence-corrected chi connectivity index (χ0v) is 18.3. The number of hydrogen-bond acceptors (Lipinski definition) is 6. The van der Waals surface area contributed by atoms with Crippen LogP contribution >= 0.6 is 0 Å². The Morgan fingerprint density at radius 1 is 1.29 bits per heavy atom. The van der Waals surface area contributed by atoms with E-state index in [1.807, 2.05) is 26.8 Å². The standard InChI is InChI=1S/C22H27FN6O2/c1-12-9-13-5-8-31-15(13)10-14(12)11-16-26-17-18(24)27-21(23)28-19(17)29(16)7-6-25-20(30)22(2,3)4/h9-10H,5-8,11H2,1-4H3,(H,25,30)(H2,24,27,28). The maximum atomic E-state index is 13.9. The van der Waals surface area contributed by atoms with Crippen molar-refractivity contribution >= 4 is 22.9 Å². The van der Waals surface area contributed by atoms with Gasteiger partial charge in [0.15, 0.2) is 17.0 Å². The van der Waals surface area contributed by atoms with E-state index in [1.165, 1.54) is 5.56 Å². The van der Waals surface area contributed by atoms with E-state index < -0.39 is 11.5 Å². The van der Waals surface area contributed by atoms with Gasteiger partial charge >= 0.3 is 6.08 Å². The summed E-state index contributed by atoms with van der Waals surface area (Å²) in [6, 6.07) is 4.18. The summed E-state index contributed by atoms with van der Waals surface area (Å²) in [5, 5.41) is 2.92. The van der Waals surface area contributed by atoms with E-state index in [-0.39, 0.29) is 11.7 Å². The van der Waals surface area contributed by atoms with Crippen LogP contribution in [-0.2, 0) is 24.2 Å². The van der Waals surface area contributed by atoms with Gasteiger partial charge in [0.25, 0.3) is 0 Å². The van der Waals surface area contributed by atoms with Crippen LogP contribution in [0.15, 0.2) is 12.1 Å². The fourth-order valence-corrected chi connectivity index (χ4v) is 3.71. The van der Waals surface area contributed by atoms with E-state index in [1.54, 1.807) is 4.57 Å². The molecule has 1 aliphatic rings. The van der Waals surface area contributed by atoms with Crippen LogP contribution in [0.3, 0.4) is 0 Å². The summed E-state index contributed by atoms with van der Waals surface area (Å²) in [7, 11) is 0. The molecule has 0 atom stereocenters.